The Morgan fingerprint density at radius 2 is 1.94 bits per heavy atom. The van der Waals surface area contributed by atoms with Gasteiger partial charge in [-0.1, -0.05) is 43.8 Å². The van der Waals surface area contributed by atoms with Crippen LogP contribution in [0, 0.1) is 0 Å². The molecular formula is C14H17NS2. The largest absolute Gasteiger partial charge is 0.310 e. The highest BCUT2D eigenvalue weighted by Gasteiger charge is 1.99. The topological polar surface area (TPSA) is 12.0 Å². The molecule has 0 unspecified atom stereocenters. The minimum absolute atomic E-state index is 0.537. The number of hydrogen-bond donors (Lipinski definition) is 1. The highest BCUT2D eigenvalue weighted by atomic mass is 32.2. The van der Waals surface area contributed by atoms with Crippen LogP contribution in [0.1, 0.15) is 19.4 Å². The molecule has 2 rings (SSSR count). The van der Waals surface area contributed by atoms with Gasteiger partial charge in [0.1, 0.15) is 0 Å². The van der Waals surface area contributed by atoms with E-state index < -0.39 is 0 Å². The van der Waals surface area contributed by atoms with E-state index in [2.05, 4.69) is 60.9 Å². The Morgan fingerprint density at radius 1 is 1.18 bits per heavy atom. The molecule has 0 atom stereocenters. The highest BCUT2D eigenvalue weighted by molar-refractivity contribution is 8.01. The van der Waals surface area contributed by atoms with Gasteiger partial charge in [0.05, 0.1) is 4.21 Å². The third kappa shape index (κ3) is 4.19. The molecule has 0 aliphatic rings. The maximum atomic E-state index is 3.42. The number of nitrogens with one attached hydrogen (secondary N) is 1. The van der Waals surface area contributed by atoms with Gasteiger partial charge in [-0.3, -0.25) is 0 Å². The summed E-state index contributed by atoms with van der Waals surface area (Å²) in [5, 5.41) is 5.54. The van der Waals surface area contributed by atoms with Crippen molar-refractivity contribution in [3.8, 4) is 0 Å². The SMILES string of the molecule is CC(C)NCc1ccc(Sc2cccs2)cc1. The molecule has 0 radical (unpaired) electrons. The summed E-state index contributed by atoms with van der Waals surface area (Å²) in [6.07, 6.45) is 0. The Balaban J connectivity index is 1.93. The van der Waals surface area contributed by atoms with Crippen LogP contribution in [0.4, 0.5) is 0 Å². The van der Waals surface area contributed by atoms with Crippen LogP contribution >= 0.6 is 23.1 Å². The molecular weight excluding hydrogens is 246 g/mol. The molecule has 1 aromatic heterocycles. The molecule has 0 amide bonds. The fourth-order valence-corrected chi connectivity index (χ4v) is 3.18. The van der Waals surface area contributed by atoms with Crippen LogP contribution in [-0.2, 0) is 6.54 Å². The Labute approximate surface area is 111 Å². The first kappa shape index (κ1) is 12.7. The van der Waals surface area contributed by atoms with E-state index in [1.54, 1.807) is 11.3 Å². The molecule has 0 saturated carbocycles. The van der Waals surface area contributed by atoms with Crippen LogP contribution in [0.25, 0.3) is 0 Å². The zero-order valence-corrected chi connectivity index (χ0v) is 11.8. The standard InChI is InChI=1S/C14H17NS2/c1-11(2)15-10-12-5-7-13(8-6-12)17-14-4-3-9-16-14/h3-9,11,15H,10H2,1-2H3. The molecule has 3 heteroatoms. The van der Waals surface area contributed by atoms with Crippen LogP contribution in [0.3, 0.4) is 0 Å². The Kier molecular flexibility index (Phi) is 4.66. The van der Waals surface area contributed by atoms with Crippen molar-refractivity contribution in [3.63, 3.8) is 0 Å². The number of rotatable bonds is 5. The van der Waals surface area contributed by atoms with Crippen LogP contribution in [-0.4, -0.2) is 6.04 Å². The van der Waals surface area contributed by atoms with Crippen LogP contribution in [0.15, 0.2) is 50.9 Å². The third-order valence-electron chi connectivity index (χ3n) is 2.35. The molecule has 2 aromatic rings. The van der Waals surface area contributed by atoms with Gasteiger partial charge in [0.25, 0.3) is 0 Å². The molecule has 0 fully saturated rings. The third-order valence-corrected chi connectivity index (χ3v) is 4.40. The van der Waals surface area contributed by atoms with Gasteiger partial charge in [0.2, 0.25) is 0 Å². The zero-order chi connectivity index (χ0) is 12.1. The maximum Gasteiger partial charge on any atom is 0.0646 e. The minimum Gasteiger partial charge on any atom is -0.310 e. The highest BCUT2D eigenvalue weighted by Crippen LogP contribution is 2.31. The summed E-state index contributed by atoms with van der Waals surface area (Å²) in [6, 6.07) is 13.6. The van der Waals surface area contributed by atoms with Crippen LogP contribution < -0.4 is 5.32 Å². The summed E-state index contributed by atoms with van der Waals surface area (Å²) in [6.45, 7) is 5.28. The van der Waals surface area contributed by atoms with Gasteiger partial charge in [-0.25, -0.2) is 0 Å². The summed E-state index contributed by atoms with van der Waals surface area (Å²) >= 11 is 3.61. The van der Waals surface area contributed by atoms with Crippen molar-refractivity contribution in [2.24, 2.45) is 0 Å². The van der Waals surface area contributed by atoms with Gasteiger partial charge < -0.3 is 5.32 Å². The van der Waals surface area contributed by atoms with E-state index >= 15 is 0 Å². The Bertz CT molecular complexity index is 432. The molecule has 1 heterocycles. The zero-order valence-electron chi connectivity index (χ0n) is 10.1. The van der Waals surface area contributed by atoms with E-state index in [4.69, 9.17) is 0 Å². The molecule has 1 nitrogen and oxygen atoms in total. The first-order valence-electron chi connectivity index (χ1n) is 5.78. The van der Waals surface area contributed by atoms with E-state index in [0.717, 1.165) is 6.54 Å². The molecule has 90 valence electrons. The van der Waals surface area contributed by atoms with Crippen molar-refractivity contribution in [2.75, 3.05) is 0 Å². The number of thiophene rings is 1. The van der Waals surface area contributed by atoms with E-state index in [-0.39, 0.29) is 0 Å². The molecule has 0 bridgehead atoms. The van der Waals surface area contributed by atoms with Gasteiger partial charge in [-0.2, -0.15) is 0 Å². The van der Waals surface area contributed by atoms with E-state index in [0.29, 0.717) is 6.04 Å². The Hall–Kier alpha value is -0.770. The summed E-state index contributed by atoms with van der Waals surface area (Å²) < 4.78 is 1.35. The predicted octanol–water partition coefficient (Wildman–Crippen LogP) is 4.40. The Morgan fingerprint density at radius 3 is 2.53 bits per heavy atom. The first-order chi connectivity index (χ1) is 8.24. The van der Waals surface area contributed by atoms with Crippen molar-refractivity contribution in [1.29, 1.82) is 0 Å². The van der Waals surface area contributed by atoms with Crippen molar-refractivity contribution >= 4 is 23.1 Å². The monoisotopic (exact) mass is 263 g/mol. The average molecular weight is 263 g/mol. The van der Waals surface area contributed by atoms with Crippen molar-refractivity contribution in [2.45, 2.75) is 35.5 Å². The number of benzene rings is 1. The van der Waals surface area contributed by atoms with Gasteiger partial charge in [0.15, 0.2) is 0 Å². The molecule has 17 heavy (non-hydrogen) atoms. The molecule has 0 aliphatic heterocycles. The lowest BCUT2D eigenvalue weighted by Crippen LogP contribution is -2.21. The van der Waals surface area contributed by atoms with E-state index in [9.17, 15) is 0 Å². The van der Waals surface area contributed by atoms with Gasteiger partial charge in [0, 0.05) is 17.5 Å². The second-order valence-corrected chi connectivity index (χ2v) is 6.54. The second-order valence-electron chi connectivity index (χ2n) is 4.21. The fraction of sp³-hybridized carbons (Fsp3) is 0.286. The first-order valence-corrected chi connectivity index (χ1v) is 7.47. The lowest BCUT2D eigenvalue weighted by atomic mass is 10.2. The van der Waals surface area contributed by atoms with Gasteiger partial charge in [-0.15, -0.1) is 11.3 Å². The smallest absolute Gasteiger partial charge is 0.0646 e. The lowest BCUT2D eigenvalue weighted by molar-refractivity contribution is 0.588. The summed E-state index contributed by atoms with van der Waals surface area (Å²) in [7, 11) is 0. The quantitative estimate of drug-likeness (QED) is 0.858. The van der Waals surface area contributed by atoms with Crippen molar-refractivity contribution in [1.82, 2.24) is 5.32 Å². The number of hydrogen-bond acceptors (Lipinski definition) is 3. The van der Waals surface area contributed by atoms with Crippen LogP contribution in [0.5, 0.6) is 0 Å². The van der Waals surface area contributed by atoms with E-state index in [1.807, 2.05) is 11.8 Å². The minimum atomic E-state index is 0.537. The van der Waals surface area contributed by atoms with E-state index in [1.165, 1.54) is 14.7 Å². The average Bonchev–Trinajstić information content (AvgIpc) is 2.81. The second kappa shape index (κ2) is 6.24. The maximum absolute atomic E-state index is 3.42. The summed E-state index contributed by atoms with van der Waals surface area (Å²) in [5.41, 5.74) is 1.34. The fourth-order valence-electron chi connectivity index (χ4n) is 1.44. The van der Waals surface area contributed by atoms with Gasteiger partial charge in [-0.05, 0) is 29.1 Å². The molecule has 0 spiro atoms. The summed E-state index contributed by atoms with van der Waals surface area (Å²) in [4.78, 5) is 1.31. The predicted molar refractivity (Wildman–Crippen MR) is 76.9 cm³/mol. The molecule has 1 N–H and O–H groups in total. The molecule has 0 saturated heterocycles. The normalized spacial score (nSPS) is 11.0. The lowest BCUT2D eigenvalue weighted by Gasteiger charge is -2.08. The molecule has 1 aromatic carbocycles. The van der Waals surface area contributed by atoms with Crippen LogP contribution in [0.2, 0.25) is 0 Å². The van der Waals surface area contributed by atoms with Crippen molar-refractivity contribution < 1.29 is 0 Å². The van der Waals surface area contributed by atoms with Crippen molar-refractivity contribution in [3.05, 3.63) is 47.3 Å². The molecule has 0 aliphatic carbocycles. The van der Waals surface area contributed by atoms with Gasteiger partial charge >= 0.3 is 0 Å². The summed E-state index contributed by atoms with van der Waals surface area (Å²) in [5.74, 6) is 0.